The Morgan fingerprint density at radius 1 is 1.33 bits per heavy atom. The maximum Gasteiger partial charge on any atom is 0.315 e. The van der Waals surface area contributed by atoms with Crippen molar-refractivity contribution in [2.75, 3.05) is 13.1 Å². The van der Waals surface area contributed by atoms with Crippen LogP contribution in [-0.2, 0) is 4.79 Å². The first-order chi connectivity index (χ1) is 7.09. The highest BCUT2D eigenvalue weighted by molar-refractivity contribution is 5.79. The van der Waals surface area contributed by atoms with Crippen LogP contribution in [-0.4, -0.2) is 36.4 Å². The molecule has 1 saturated carbocycles. The van der Waals surface area contributed by atoms with Crippen LogP contribution < -0.4 is 5.73 Å². The summed E-state index contributed by atoms with van der Waals surface area (Å²) in [6.45, 7) is 0.899. The molecule has 5 heteroatoms. The Hall–Kier alpha value is -0.710. The Balaban J connectivity index is 2.01. The first-order valence-electron chi connectivity index (χ1n) is 5.42. The summed E-state index contributed by atoms with van der Waals surface area (Å²) in [5.74, 6) is -0.450. The summed E-state index contributed by atoms with van der Waals surface area (Å²) < 4.78 is 24.5. The van der Waals surface area contributed by atoms with Crippen molar-refractivity contribution >= 4 is 5.91 Å². The summed E-state index contributed by atoms with van der Waals surface area (Å²) in [6, 6.07) is 0.0826. The van der Waals surface area contributed by atoms with E-state index in [1.807, 2.05) is 0 Å². The Morgan fingerprint density at radius 2 is 2.07 bits per heavy atom. The summed E-state index contributed by atoms with van der Waals surface area (Å²) in [5, 5.41) is 0. The Kier molecular flexibility index (Phi) is 2.91. The largest absolute Gasteiger partial charge is 0.337 e. The lowest BCUT2D eigenvalue weighted by molar-refractivity contribution is -0.141. The number of nitrogens with two attached hydrogens (primary N) is 1. The number of hydrogen-bond acceptors (Lipinski definition) is 2. The van der Waals surface area contributed by atoms with Gasteiger partial charge in [0.05, 0.1) is 0 Å². The van der Waals surface area contributed by atoms with Crippen molar-refractivity contribution < 1.29 is 13.6 Å². The molecule has 0 radical (unpaired) electrons. The number of alkyl halides is 2. The van der Waals surface area contributed by atoms with E-state index in [2.05, 4.69) is 0 Å². The van der Waals surface area contributed by atoms with Gasteiger partial charge in [0, 0.05) is 19.1 Å². The lowest BCUT2D eigenvalue weighted by atomic mass is 9.78. The number of halogens is 2. The topological polar surface area (TPSA) is 46.3 Å². The van der Waals surface area contributed by atoms with Gasteiger partial charge in [-0.1, -0.05) is 6.42 Å². The van der Waals surface area contributed by atoms with Gasteiger partial charge in [-0.25, -0.2) is 0 Å². The van der Waals surface area contributed by atoms with Gasteiger partial charge in [-0.05, 0) is 24.7 Å². The second-order valence-corrected chi connectivity index (χ2v) is 4.56. The van der Waals surface area contributed by atoms with Gasteiger partial charge in [-0.3, -0.25) is 4.79 Å². The van der Waals surface area contributed by atoms with Gasteiger partial charge in [0.15, 0.2) is 0 Å². The number of fused-ring (bicyclic) bond motifs is 1. The highest BCUT2D eigenvalue weighted by Crippen LogP contribution is 2.35. The van der Waals surface area contributed by atoms with E-state index >= 15 is 0 Å². The van der Waals surface area contributed by atoms with Crippen LogP contribution in [0.15, 0.2) is 0 Å². The maximum atomic E-state index is 12.2. The lowest BCUT2D eigenvalue weighted by Gasteiger charge is -2.29. The van der Waals surface area contributed by atoms with Crippen molar-refractivity contribution in [2.24, 2.45) is 17.6 Å². The molecule has 1 saturated heterocycles. The monoisotopic (exact) mass is 218 g/mol. The van der Waals surface area contributed by atoms with Crippen molar-refractivity contribution in [1.82, 2.24) is 4.90 Å². The molecule has 1 amide bonds. The molecular formula is C10H16F2N2O. The van der Waals surface area contributed by atoms with Gasteiger partial charge < -0.3 is 10.6 Å². The summed E-state index contributed by atoms with van der Waals surface area (Å²) in [5.41, 5.74) is 5.93. The summed E-state index contributed by atoms with van der Waals surface area (Å²) in [4.78, 5) is 12.4. The lowest BCUT2D eigenvalue weighted by Crippen LogP contribution is -2.39. The van der Waals surface area contributed by atoms with E-state index in [-0.39, 0.29) is 12.0 Å². The zero-order valence-electron chi connectivity index (χ0n) is 8.53. The molecule has 1 aliphatic heterocycles. The maximum absolute atomic E-state index is 12.2. The van der Waals surface area contributed by atoms with E-state index in [1.54, 1.807) is 0 Å². The van der Waals surface area contributed by atoms with Gasteiger partial charge in [-0.2, -0.15) is 8.78 Å². The third-order valence-corrected chi connectivity index (χ3v) is 3.65. The Bertz CT molecular complexity index is 260. The average molecular weight is 218 g/mol. The zero-order valence-corrected chi connectivity index (χ0v) is 8.53. The molecule has 86 valence electrons. The molecule has 2 rings (SSSR count). The molecule has 1 aliphatic carbocycles. The van der Waals surface area contributed by atoms with E-state index in [9.17, 15) is 13.6 Å². The van der Waals surface area contributed by atoms with Gasteiger partial charge in [0.2, 0.25) is 0 Å². The molecule has 0 bridgehead atoms. The molecule has 2 N–H and O–H groups in total. The molecule has 1 heterocycles. The minimum atomic E-state index is -2.87. The van der Waals surface area contributed by atoms with Crippen LogP contribution in [0.2, 0.25) is 0 Å². The molecule has 0 aromatic carbocycles. The van der Waals surface area contributed by atoms with Crippen molar-refractivity contribution in [1.29, 1.82) is 0 Å². The van der Waals surface area contributed by atoms with Crippen molar-refractivity contribution in [3.05, 3.63) is 0 Å². The third-order valence-electron chi connectivity index (χ3n) is 3.65. The summed E-state index contributed by atoms with van der Waals surface area (Å²) in [7, 11) is 0. The normalized spacial score (nSPS) is 35.7. The quantitative estimate of drug-likeness (QED) is 0.708. The van der Waals surface area contributed by atoms with E-state index < -0.39 is 12.3 Å². The van der Waals surface area contributed by atoms with E-state index in [4.69, 9.17) is 5.73 Å². The molecule has 2 aliphatic rings. The molecule has 15 heavy (non-hydrogen) atoms. The smallest absolute Gasteiger partial charge is 0.315 e. The molecular weight excluding hydrogens is 202 g/mol. The summed E-state index contributed by atoms with van der Waals surface area (Å²) >= 11 is 0. The molecule has 2 fully saturated rings. The fourth-order valence-electron chi connectivity index (χ4n) is 2.83. The predicted molar refractivity (Wildman–Crippen MR) is 51.4 cm³/mol. The third kappa shape index (κ3) is 1.97. The SMILES string of the molecule is NC1CCCC2CN(C(=O)C(F)F)CC12. The van der Waals surface area contributed by atoms with Crippen LogP contribution in [0.25, 0.3) is 0 Å². The van der Waals surface area contributed by atoms with Gasteiger partial charge >= 0.3 is 6.43 Å². The van der Waals surface area contributed by atoms with E-state index in [0.717, 1.165) is 19.3 Å². The minimum Gasteiger partial charge on any atom is -0.337 e. The number of carbonyl (C=O) groups is 1. The minimum absolute atomic E-state index is 0.0826. The van der Waals surface area contributed by atoms with Crippen LogP contribution in [0.3, 0.4) is 0 Å². The van der Waals surface area contributed by atoms with Gasteiger partial charge in [0.1, 0.15) is 0 Å². The van der Waals surface area contributed by atoms with Crippen molar-refractivity contribution in [2.45, 2.75) is 31.7 Å². The highest BCUT2D eigenvalue weighted by Gasteiger charge is 2.41. The van der Waals surface area contributed by atoms with Crippen molar-refractivity contribution in [3.63, 3.8) is 0 Å². The van der Waals surface area contributed by atoms with Crippen molar-refractivity contribution in [3.8, 4) is 0 Å². The fraction of sp³-hybridized carbons (Fsp3) is 0.900. The number of amides is 1. The van der Waals surface area contributed by atoms with Crippen LogP contribution in [0.4, 0.5) is 8.78 Å². The standard InChI is InChI=1S/C10H16F2N2O/c11-9(12)10(15)14-4-6-2-1-3-8(13)7(6)5-14/h6-9H,1-5,13H2. The summed E-state index contributed by atoms with van der Waals surface area (Å²) in [6.07, 6.45) is 0.156. The number of nitrogens with zero attached hydrogens (tertiary/aromatic N) is 1. The van der Waals surface area contributed by atoms with E-state index in [1.165, 1.54) is 4.90 Å². The molecule has 0 aromatic rings. The Morgan fingerprint density at radius 3 is 2.67 bits per heavy atom. The molecule has 0 spiro atoms. The second kappa shape index (κ2) is 4.04. The number of rotatable bonds is 1. The predicted octanol–water partition coefficient (Wildman–Crippen LogP) is 0.837. The van der Waals surface area contributed by atoms with Gasteiger partial charge in [0.25, 0.3) is 5.91 Å². The number of hydrogen-bond donors (Lipinski definition) is 1. The molecule has 0 aromatic heterocycles. The fourth-order valence-corrected chi connectivity index (χ4v) is 2.83. The number of likely N-dealkylation sites (tertiary alicyclic amines) is 1. The first-order valence-corrected chi connectivity index (χ1v) is 5.42. The second-order valence-electron chi connectivity index (χ2n) is 4.56. The van der Waals surface area contributed by atoms with Gasteiger partial charge in [-0.15, -0.1) is 0 Å². The van der Waals surface area contributed by atoms with Crippen LogP contribution in [0.1, 0.15) is 19.3 Å². The zero-order chi connectivity index (χ0) is 11.0. The molecule has 3 atom stereocenters. The molecule has 3 nitrogen and oxygen atoms in total. The van der Waals surface area contributed by atoms with Crippen LogP contribution >= 0.6 is 0 Å². The average Bonchev–Trinajstić information content (AvgIpc) is 2.61. The molecule has 3 unspecified atom stereocenters. The number of carbonyl (C=O) groups excluding carboxylic acids is 1. The van der Waals surface area contributed by atoms with E-state index in [0.29, 0.717) is 19.0 Å². The highest BCUT2D eigenvalue weighted by atomic mass is 19.3. The van der Waals surface area contributed by atoms with Crippen LogP contribution in [0, 0.1) is 11.8 Å². The van der Waals surface area contributed by atoms with Crippen LogP contribution in [0.5, 0.6) is 0 Å². The first kappa shape index (κ1) is 10.8. The Labute approximate surface area is 87.6 Å².